The van der Waals surface area contributed by atoms with E-state index in [0.717, 1.165) is 55.3 Å². The van der Waals surface area contributed by atoms with E-state index in [1.807, 2.05) is 24.3 Å². The van der Waals surface area contributed by atoms with Crippen LogP contribution in [0.15, 0.2) is 67.0 Å². The van der Waals surface area contributed by atoms with Crippen molar-refractivity contribution in [2.24, 2.45) is 0 Å². The molecule has 3 aromatic rings. The van der Waals surface area contributed by atoms with E-state index in [-0.39, 0.29) is 5.91 Å². The number of benzene rings is 2. The number of nitrogens with zero attached hydrogens (tertiary/aromatic N) is 2. The molecular formula is C25H26N4O3. The van der Waals surface area contributed by atoms with Crippen LogP contribution >= 0.6 is 0 Å². The van der Waals surface area contributed by atoms with Crippen molar-refractivity contribution in [2.45, 2.75) is 25.4 Å². The Balaban J connectivity index is 1.13. The molecule has 1 fully saturated rings. The predicted molar refractivity (Wildman–Crippen MR) is 123 cm³/mol. The first-order chi connectivity index (χ1) is 15.7. The number of hydrogen-bond acceptors (Lipinski definition) is 6. The number of piperidine rings is 1. The van der Waals surface area contributed by atoms with Crippen LogP contribution in [0.5, 0.6) is 11.5 Å². The maximum Gasteiger partial charge on any atom is 0.257 e. The number of amides is 1. The van der Waals surface area contributed by atoms with Crippen molar-refractivity contribution in [3.63, 3.8) is 0 Å². The SMILES string of the molecule is O=C(Nc1cccc(N2CCC(NCc3ccc4c(c3)OCO4)CC2)c1)c1cccnc1. The Morgan fingerprint density at radius 1 is 1.03 bits per heavy atom. The Bertz CT molecular complexity index is 1080. The zero-order valence-corrected chi connectivity index (χ0v) is 17.8. The van der Waals surface area contributed by atoms with Gasteiger partial charge in [0.1, 0.15) is 0 Å². The highest BCUT2D eigenvalue weighted by Gasteiger charge is 2.20. The van der Waals surface area contributed by atoms with Gasteiger partial charge >= 0.3 is 0 Å². The minimum atomic E-state index is -0.151. The zero-order chi connectivity index (χ0) is 21.8. The van der Waals surface area contributed by atoms with Gasteiger partial charge in [0, 0.05) is 49.4 Å². The number of carbonyl (C=O) groups excluding carboxylic acids is 1. The third-order valence-corrected chi connectivity index (χ3v) is 5.92. The second kappa shape index (κ2) is 9.28. The van der Waals surface area contributed by atoms with Crippen LogP contribution in [0.25, 0.3) is 0 Å². The average molecular weight is 431 g/mol. The van der Waals surface area contributed by atoms with Gasteiger partial charge in [-0.2, -0.15) is 0 Å². The van der Waals surface area contributed by atoms with E-state index in [1.165, 1.54) is 5.56 Å². The summed E-state index contributed by atoms with van der Waals surface area (Å²) < 4.78 is 10.8. The molecule has 2 aromatic carbocycles. The lowest BCUT2D eigenvalue weighted by Gasteiger charge is -2.34. The fourth-order valence-corrected chi connectivity index (χ4v) is 4.14. The van der Waals surface area contributed by atoms with Gasteiger partial charge in [-0.25, -0.2) is 0 Å². The molecule has 0 radical (unpaired) electrons. The molecule has 5 rings (SSSR count). The molecular weight excluding hydrogens is 404 g/mol. The number of pyridine rings is 1. The number of fused-ring (bicyclic) bond motifs is 1. The number of hydrogen-bond donors (Lipinski definition) is 2. The van der Waals surface area contributed by atoms with Crippen molar-refractivity contribution in [3.05, 3.63) is 78.1 Å². The number of nitrogens with one attached hydrogen (secondary N) is 2. The summed E-state index contributed by atoms with van der Waals surface area (Å²) in [5.41, 5.74) is 3.67. The van der Waals surface area contributed by atoms with Gasteiger partial charge in [-0.05, 0) is 60.9 Å². The Morgan fingerprint density at radius 3 is 2.75 bits per heavy atom. The minimum Gasteiger partial charge on any atom is -0.454 e. The van der Waals surface area contributed by atoms with E-state index >= 15 is 0 Å². The summed E-state index contributed by atoms with van der Waals surface area (Å²) >= 11 is 0. The molecule has 0 bridgehead atoms. The van der Waals surface area contributed by atoms with Crippen molar-refractivity contribution >= 4 is 17.3 Å². The third kappa shape index (κ3) is 4.68. The Morgan fingerprint density at radius 2 is 1.91 bits per heavy atom. The fourth-order valence-electron chi connectivity index (χ4n) is 4.14. The van der Waals surface area contributed by atoms with Crippen LogP contribution in [0.3, 0.4) is 0 Å². The molecule has 2 aliphatic rings. The van der Waals surface area contributed by atoms with Crippen LogP contribution in [0, 0.1) is 0 Å². The summed E-state index contributed by atoms with van der Waals surface area (Å²) in [6, 6.07) is 18.1. The first-order valence-corrected chi connectivity index (χ1v) is 10.9. The van der Waals surface area contributed by atoms with Crippen molar-refractivity contribution in [1.29, 1.82) is 0 Å². The number of anilines is 2. The summed E-state index contributed by atoms with van der Waals surface area (Å²) in [5.74, 6) is 1.50. The molecule has 0 saturated carbocycles. The number of rotatable bonds is 6. The van der Waals surface area contributed by atoms with Crippen molar-refractivity contribution in [2.75, 3.05) is 30.1 Å². The van der Waals surface area contributed by atoms with Gasteiger partial charge in [-0.1, -0.05) is 12.1 Å². The van der Waals surface area contributed by atoms with Crippen molar-refractivity contribution in [3.8, 4) is 11.5 Å². The molecule has 7 heteroatoms. The number of ether oxygens (including phenoxy) is 2. The van der Waals surface area contributed by atoms with Gasteiger partial charge in [0.15, 0.2) is 11.5 Å². The van der Waals surface area contributed by atoms with E-state index in [9.17, 15) is 4.79 Å². The monoisotopic (exact) mass is 430 g/mol. The standard InChI is InChI=1S/C25H26N4O3/c30-25(19-3-2-10-26-16-19)28-21-4-1-5-22(14-21)29-11-8-20(9-12-29)27-15-18-6-7-23-24(13-18)32-17-31-23/h1-7,10,13-14,16,20,27H,8-9,11-12,15,17H2,(H,28,30). The largest absolute Gasteiger partial charge is 0.454 e. The quantitative estimate of drug-likeness (QED) is 0.619. The molecule has 1 amide bonds. The molecule has 0 unspecified atom stereocenters. The summed E-state index contributed by atoms with van der Waals surface area (Å²) in [5, 5.41) is 6.64. The average Bonchev–Trinajstić information content (AvgIpc) is 3.32. The molecule has 2 N–H and O–H groups in total. The van der Waals surface area contributed by atoms with Crippen LogP contribution in [-0.4, -0.2) is 36.8 Å². The van der Waals surface area contributed by atoms with Gasteiger partial charge in [0.05, 0.1) is 5.56 Å². The highest BCUT2D eigenvalue weighted by Crippen LogP contribution is 2.32. The predicted octanol–water partition coefficient (Wildman–Crippen LogP) is 3.82. The molecule has 1 saturated heterocycles. The maximum atomic E-state index is 12.4. The molecule has 2 aliphatic heterocycles. The normalized spacial score (nSPS) is 15.6. The fraction of sp³-hybridized carbons (Fsp3) is 0.280. The molecule has 32 heavy (non-hydrogen) atoms. The van der Waals surface area contributed by atoms with E-state index in [4.69, 9.17) is 9.47 Å². The van der Waals surface area contributed by atoms with Gasteiger partial charge < -0.3 is 25.0 Å². The van der Waals surface area contributed by atoms with Crippen LogP contribution in [0.1, 0.15) is 28.8 Å². The van der Waals surface area contributed by atoms with Gasteiger partial charge in [0.25, 0.3) is 5.91 Å². The van der Waals surface area contributed by atoms with Crippen molar-refractivity contribution < 1.29 is 14.3 Å². The second-order valence-electron chi connectivity index (χ2n) is 8.08. The Kier molecular flexibility index (Phi) is 5.89. The third-order valence-electron chi connectivity index (χ3n) is 5.92. The van der Waals surface area contributed by atoms with Gasteiger partial charge in [-0.15, -0.1) is 0 Å². The first kappa shape index (κ1) is 20.3. The molecule has 0 spiro atoms. The minimum absolute atomic E-state index is 0.151. The van der Waals surface area contributed by atoms with E-state index in [1.54, 1.807) is 24.5 Å². The molecule has 7 nitrogen and oxygen atoms in total. The Hall–Kier alpha value is -3.58. The molecule has 164 valence electrons. The molecule has 0 atom stereocenters. The van der Waals surface area contributed by atoms with E-state index in [2.05, 4.69) is 38.7 Å². The zero-order valence-electron chi connectivity index (χ0n) is 17.8. The topological polar surface area (TPSA) is 75.7 Å². The van der Waals surface area contributed by atoms with Crippen LogP contribution in [0.4, 0.5) is 11.4 Å². The highest BCUT2D eigenvalue weighted by molar-refractivity contribution is 6.04. The van der Waals surface area contributed by atoms with Gasteiger partial charge in [0.2, 0.25) is 6.79 Å². The molecule has 1 aromatic heterocycles. The van der Waals surface area contributed by atoms with Gasteiger partial charge in [-0.3, -0.25) is 9.78 Å². The lowest BCUT2D eigenvalue weighted by molar-refractivity contribution is 0.102. The lowest BCUT2D eigenvalue weighted by Crippen LogP contribution is -2.42. The van der Waals surface area contributed by atoms with Crippen LogP contribution in [0.2, 0.25) is 0 Å². The van der Waals surface area contributed by atoms with Crippen molar-refractivity contribution in [1.82, 2.24) is 10.3 Å². The summed E-state index contributed by atoms with van der Waals surface area (Å²) in [6.07, 6.45) is 5.36. The molecule has 3 heterocycles. The summed E-state index contributed by atoms with van der Waals surface area (Å²) in [6.45, 7) is 3.06. The smallest absolute Gasteiger partial charge is 0.257 e. The summed E-state index contributed by atoms with van der Waals surface area (Å²) in [7, 11) is 0. The maximum absolute atomic E-state index is 12.4. The lowest BCUT2D eigenvalue weighted by atomic mass is 10.0. The second-order valence-corrected chi connectivity index (χ2v) is 8.08. The van der Waals surface area contributed by atoms with E-state index in [0.29, 0.717) is 18.4 Å². The number of aromatic nitrogens is 1. The highest BCUT2D eigenvalue weighted by atomic mass is 16.7. The Labute approximate surface area is 187 Å². The summed E-state index contributed by atoms with van der Waals surface area (Å²) in [4.78, 5) is 18.8. The van der Waals surface area contributed by atoms with E-state index < -0.39 is 0 Å². The molecule has 0 aliphatic carbocycles. The van der Waals surface area contributed by atoms with Crippen LogP contribution < -0.4 is 25.0 Å². The first-order valence-electron chi connectivity index (χ1n) is 10.9. The number of carbonyl (C=O) groups is 1. The van der Waals surface area contributed by atoms with Crippen LogP contribution in [-0.2, 0) is 6.54 Å².